The van der Waals surface area contributed by atoms with E-state index in [2.05, 4.69) is 32.3 Å². The first-order valence-electron chi connectivity index (χ1n) is 9.56. The SMILES string of the molecule is CN=C(NCc1ccc(C(=O)NC)cc1)N1CCSC2(CCCCC2)C1. The minimum absolute atomic E-state index is 0.0519. The van der Waals surface area contributed by atoms with Gasteiger partial charge in [0.05, 0.1) is 0 Å². The van der Waals surface area contributed by atoms with Crippen molar-refractivity contribution >= 4 is 23.6 Å². The van der Waals surface area contributed by atoms with Crippen LogP contribution in [0.5, 0.6) is 0 Å². The van der Waals surface area contributed by atoms with Gasteiger partial charge in [-0.2, -0.15) is 11.8 Å². The first-order valence-corrected chi connectivity index (χ1v) is 10.5. The number of guanidine groups is 1. The maximum Gasteiger partial charge on any atom is 0.251 e. The van der Waals surface area contributed by atoms with E-state index in [0.717, 1.165) is 31.2 Å². The first-order chi connectivity index (χ1) is 12.7. The molecule has 3 rings (SSSR count). The topological polar surface area (TPSA) is 56.7 Å². The van der Waals surface area contributed by atoms with E-state index in [1.807, 2.05) is 31.3 Å². The van der Waals surface area contributed by atoms with Crippen LogP contribution < -0.4 is 10.6 Å². The van der Waals surface area contributed by atoms with Crippen molar-refractivity contribution in [3.63, 3.8) is 0 Å². The van der Waals surface area contributed by atoms with Gasteiger partial charge in [0.1, 0.15) is 0 Å². The Labute approximate surface area is 161 Å². The van der Waals surface area contributed by atoms with Gasteiger partial charge in [-0.25, -0.2) is 0 Å². The van der Waals surface area contributed by atoms with Crippen LogP contribution in [0.3, 0.4) is 0 Å². The van der Waals surface area contributed by atoms with Gasteiger partial charge in [-0.15, -0.1) is 0 Å². The molecular weight excluding hydrogens is 344 g/mol. The van der Waals surface area contributed by atoms with E-state index in [1.165, 1.54) is 37.9 Å². The molecule has 0 aromatic heterocycles. The summed E-state index contributed by atoms with van der Waals surface area (Å²) in [5.41, 5.74) is 1.84. The highest BCUT2D eigenvalue weighted by Gasteiger charge is 2.38. The molecule has 1 aromatic carbocycles. The molecule has 1 aromatic rings. The lowest BCUT2D eigenvalue weighted by Crippen LogP contribution is -2.53. The Balaban J connectivity index is 1.58. The molecule has 26 heavy (non-hydrogen) atoms. The van der Waals surface area contributed by atoms with E-state index in [4.69, 9.17) is 0 Å². The van der Waals surface area contributed by atoms with Gasteiger partial charge in [-0.05, 0) is 30.5 Å². The number of aliphatic imine (C=N–C) groups is 1. The fraction of sp³-hybridized carbons (Fsp3) is 0.600. The maximum atomic E-state index is 11.6. The van der Waals surface area contributed by atoms with Crippen LogP contribution in [0.4, 0.5) is 0 Å². The Hall–Kier alpha value is -1.69. The number of hydrogen-bond donors (Lipinski definition) is 2. The Bertz CT molecular complexity index is 632. The van der Waals surface area contributed by atoms with E-state index >= 15 is 0 Å². The number of benzene rings is 1. The van der Waals surface area contributed by atoms with E-state index < -0.39 is 0 Å². The molecule has 2 fully saturated rings. The zero-order chi connectivity index (χ0) is 18.4. The highest BCUT2D eigenvalue weighted by molar-refractivity contribution is 8.00. The lowest BCUT2D eigenvalue weighted by molar-refractivity contribution is 0.0963. The summed E-state index contributed by atoms with van der Waals surface area (Å²) in [5, 5.41) is 6.16. The molecule has 0 unspecified atom stereocenters. The molecular formula is C20H30N4OS. The van der Waals surface area contributed by atoms with Crippen molar-refractivity contribution in [3.05, 3.63) is 35.4 Å². The van der Waals surface area contributed by atoms with Crippen LogP contribution in [0.1, 0.15) is 48.0 Å². The number of amides is 1. The number of hydrogen-bond acceptors (Lipinski definition) is 3. The summed E-state index contributed by atoms with van der Waals surface area (Å²) in [6.45, 7) is 2.88. The molecule has 0 bridgehead atoms. The summed E-state index contributed by atoms with van der Waals surface area (Å²) in [5.74, 6) is 2.12. The van der Waals surface area contributed by atoms with Gasteiger partial charge in [0.25, 0.3) is 5.91 Å². The second kappa shape index (κ2) is 8.80. The third-order valence-electron chi connectivity index (χ3n) is 5.42. The number of thioether (sulfide) groups is 1. The van der Waals surface area contributed by atoms with Crippen LogP contribution in [0.2, 0.25) is 0 Å². The van der Waals surface area contributed by atoms with E-state index in [0.29, 0.717) is 10.3 Å². The number of carbonyl (C=O) groups excluding carboxylic acids is 1. The molecule has 2 N–H and O–H groups in total. The number of carbonyl (C=O) groups is 1. The van der Waals surface area contributed by atoms with Gasteiger partial charge in [-0.1, -0.05) is 31.4 Å². The molecule has 5 nitrogen and oxygen atoms in total. The van der Waals surface area contributed by atoms with E-state index in [1.54, 1.807) is 7.05 Å². The van der Waals surface area contributed by atoms with Crippen molar-refractivity contribution < 1.29 is 4.79 Å². The summed E-state index contributed by atoms with van der Waals surface area (Å²) >= 11 is 2.18. The Morgan fingerprint density at radius 2 is 1.96 bits per heavy atom. The number of nitrogens with one attached hydrogen (secondary N) is 2. The van der Waals surface area contributed by atoms with Crippen molar-refractivity contribution in [3.8, 4) is 0 Å². The second-order valence-electron chi connectivity index (χ2n) is 7.19. The third-order valence-corrected chi connectivity index (χ3v) is 6.95. The molecule has 1 aliphatic carbocycles. The maximum absolute atomic E-state index is 11.6. The normalized spacial score (nSPS) is 20.1. The molecule has 0 atom stereocenters. The summed E-state index contributed by atoms with van der Waals surface area (Å²) in [4.78, 5) is 18.6. The van der Waals surface area contributed by atoms with Crippen molar-refractivity contribution in [1.82, 2.24) is 15.5 Å². The number of rotatable bonds is 3. The van der Waals surface area contributed by atoms with E-state index in [9.17, 15) is 4.79 Å². The number of nitrogens with zero attached hydrogens (tertiary/aromatic N) is 2. The average Bonchev–Trinajstić information content (AvgIpc) is 2.69. The molecule has 6 heteroatoms. The summed E-state index contributed by atoms with van der Waals surface area (Å²) < 4.78 is 0.434. The smallest absolute Gasteiger partial charge is 0.251 e. The minimum atomic E-state index is -0.0519. The molecule has 1 heterocycles. The van der Waals surface area contributed by atoms with Crippen LogP contribution >= 0.6 is 11.8 Å². The van der Waals surface area contributed by atoms with Crippen LogP contribution in [0.25, 0.3) is 0 Å². The molecule has 1 saturated carbocycles. The molecule has 142 valence electrons. The van der Waals surface area contributed by atoms with E-state index in [-0.39, 0.29) is 5.91 Å². The quantitative estimate of drug-likeness (QED) is 0.631. The molecule has 1 amide bonds. The lowest BCUT2D eigenvalue weighted by Gasteiger charge is -2.45. The Kier molecular flexibility index (Phi) is 6.46. The van der Waals surface area contributed by atoms with Gasteiger partial charge in [-0.3, -0.25) is 9.79 Å². The minimum Gasteiger partial charge on any atom is -0.355 e. The zero-order valence-corrected chi connectivity index (χ0v) is 16.7. The van der Waals surface area contributed by atoms with Crippen molar-refractivity contribution in [2.24, 2.45) is 4.99 Å². The van der Waals surface area contributed by atoms with Crippen LogP contribution in [-0.4, -0.2) is 54.5 Å². The predicted octanol–water partition coefficient (Wildman–Crippen LogP) is 2.87. The standard InChI is InChI=1S/C20H30N4OS/c1-21-18(25)17-8-6-16(7-9-17)14-23-19(22-2)24-12-13-26-20(15-24)10-4-3-5-11-20/h6-9H,3-5,10-15H2,1-2H3,(H,21,25)(H,22,23). The molecule has 1 spiro atoms. The van der Waals surface area contributed by atoms with Gasteiger partial charge < -0.3 is 15.5 Å². The average molecular weight is 375 g/mol. The first kappa shape index (κ1) is 19.1. The van der Waals surface area contributed by atoms with Crippen molar-refractivity contribution in [2.45, 2.75) is 43.4 Å². The largest absolute Gasteiger partial charge is 0.355 e. The summed E-state index contributed by atoms with van der Waals surface area (Å²) in [6.07, 6.45) is 6.80. The Morgan fingerprint density at radius 3 is 2.62 bits per heavy atom. The van der Waals surface area contributed by atoms with Gasteiger partial charge in [0.2, 0.25) is 0 Å². The van der Waals surface area contributed by atoms with Crippen LogP contribution in [0.15, 0.2) is 29.3 Å². The predicted molar refractivity (Wildman–Crippen MR) is 110 cm³/mol. The highest BCUT2D eigenvalue weighted by atomic mass is 32.2. The fourth-order valence-corrected chi connectivity index (χ4v) is 5.53. The van der Waals surface area contributed by atoms with Gasteiger partial charge >= 0.3 is 0 Å². The summed E-state index contributed by atoms with van der Waals surface area (Å²) in [7, 11) is 3.52. The van der Waals surface area contributed by atoms with Gasteiger partial charge in [0.15, 0.2) is 5.96 Å². The van der Waals surface area contributed by atoms with Gasteiger partial charge in [0, 0.05) is 49.8 Å². The molecule has 1 aliphatic heterocycles. The zero-order valence-electron chi connectivity index (χ0n) is 15.9. The molecule has 1 saturated heterocycles. The highest BCUT2D eigenvalue weighted by Crippen LogP contribution is 2.42. The second-order valence-corrected chi connectivity index (χ2v) is 8.75. The third kappa shape index (κ3) is 4.53. The summed E-state index contributed by atoms with van der Waals surface area (Å²) in [6, 6.07) is 7.74. The van der Waals surface area contributed by atoms with Crippen molar-refractivity contribution in [1.29, 1.82) is 0 Å². The van der Waals surface area contributed by atoms with Crippen LogP contribution in [-0.2, 0) is 6.54 Å². The molecule has 2 aliphatic rings. The monoisotopic (exact) mass is 374 g/mol. The van der Waals surface area contributed by atoms with Crippen molar-refractivity contribution in [2.75, 3.05) is 32.9 Å². The lowest BCUT2D eigenvalue weighted by atomic mass is 9.87. The van der Waals surface area contributed by atoms with Crippen LogP contribution in [0, 0.1) is 0 Å². The molecule has 0 radical (unpaired) electrons. The Morgan fingerprint density at radius 1 is 1.23 bits per heavy atom. The fourth-order valence-electron chi connectivity index (χ4n) is 3.96.